The summed E-state index contributed by atoms with van der Waals surface area (Å²) < 4.78 is 8.82. The molecule has 1 rings (SSSR count). The van der Waals surface area contributed by atoms with Gasteiger partial charge in [-0.3, -0.25) is 0 Å². The fourth-order valence-electron chi connectivity index (χ4n) is 1.04. The lowest BCUT2D eigenvalue weighted by Gasteiger charge is -2.21. The molecule has 0 N–H and O–H groups in total. The Bertz CT molecular complexity index is 292. The SMILES string of the molecule is CC(C)(C)c1cc(C(C)(C)C)npn1. The average Bonchev–Trinajstić information content (AvgIpc) is 2.01. The number of hydrogen-bond donors (Lipinski definition) is 0. The first kappa shape index (κ1) is 11.6. The molecule has 0 aliphatic carbocycles. The molecule has 1 aromatic rings. The zero-order chi connectivity index (χ0) is 11.0. The van der Waals surface area contributed by atoms with Crippen molar-refractivity contribution in [1.29, 1.82) is 0 Å². The van der Waals surface area contributed by atoms with Crippen molar-refractivity contribution in [2.45, 2.75) is 52.4 Å². The van der Waals surface area contributed by atoms with Crippen molar-refractivity contribution >= 4 is 8.51 Å². The molecule has 0 saturated heterocycles. The van der Waals surface area contributed by atoms with Crippen LogP contribution in [-0.2, 0) is 10.8 Å². The summed E-state index contributed by atoms with van der Waals surface area (Å²) in [6.07, 6.45) is 0. The highest BCUT2D eigenvalue weighted by molar-refractivity contribution is 7.20. The van der Waals surface area contributed by atoms with Gasteiger partial charge in [-0.2, -0.15) is 0 Å². The Hall–Kier alpha value is -0.490. The molecule has 0 fully saturated rings. The fourth-order valence-corrected chi connectivity index (χ4v) is 1.99. The van der Waals surface area contributed by atoms with Crippen molar-refractivity contribution in [3.05, 3.63) is 17.5 Å². The largest absolute Gasteiger partial charge is 0.213 e. The molecular formula is C11H19N2P. The summed E-state index contributed by atoms with van der Waals surface area (Å²) in [4.78, 5) is 0. The van der Waals surface area contributed by atoms with Crippen molar-refractivity contribution in [3.8, 4) is 0 Å². The molecule has 1 heterocycles. The van der Waals surface area contributed by atoms with Crippen LogP contribution >= 0.6 is 8.51 Å². The van der Waals surface area contributed by atoms with E-state index in [1.807, 2.05) is 0 Å². The summed E-state index contributed by atoms with van der Waals surface area (Å²) in [5.41, 5.74) is 2.55. The molecule has 0 aliphatic heterocycles. The summed E-state index contributed by atoms with van der Waals surface area (Å²) in [7, 11) is 0.832. The van der Waals surface area contributed by atoms with Crippen LogP contribution in [0.4, 0.5) is 0 Å². The van der Waals surface area contributed by atoms with Crippen molar-refractivity contribution in [1.82, 2.24) is 9.49 Å². The quantitative estimate of drug-likeness (QED) is 0.653. The summed E-state index contributed by atoms with van der Waals surface area (Å²) in [5.74, 6) is 0. The van der Waals surface area contributed by atoms with Gasteiger partial charge in [0.2, 0.25) is 0 Å². The molecule has 3 heteroatoms. The number of aromatic nitrogens is 2. The van der Waals surface area contributed by atoms with Gasteiger partial charge in [-0.25, -0.2) is 9.49 Å². The van der Waals surface area contributed by atoms with Crippen LogP contribution in [0.25, 0.3) is 0 Å². The van der Waals surface area contributed by atoms with E-state index in [0.29, 0.717) is 0 Å². The van der Waals surface area contributed by atoms with E-state index in [2.05, 4.69) is 57.1 Å². The van der Waals surface area contributed by atoms with Gasteiger partial charge in [0.1, 0.15) is 0 Å². The van der Waals surface area contributed by atoms with E-state index < -0.39 is 0 Å². The van der Waals surface area contributed by atoms with Gasteiger partial charge in [0.05, 0.1) is 11.4 Å². The molecule has 0 amide bonds. The molecule has 0 aliphatic rings. The lowest BCUT2D eigenvalue weighted by atomic mass is 9.87. The average molecular weight is 210 g/mol. The van der Waals surface area contributed by atoms with E-state index in [1.54, 1.807) is 0 Å². The predicted octanol–water partition coefficient (Wildman–Crippen LogP) is 3.65. The van der Waals surface area contributed by atoms with Crippen molar-refractivity contribution in [2.75, 3.05) is 0 Å². The first-order chi connectivity index (χ1) is 6.21. The Morgan fingerprint density at radius 3 is 1.50 bits per heavy atom. The van der Waals surface area contributed by atoms with Crippen LogP contribution in [0.15, 0.2) is 6.07 Å². The third-order valence-corrected chi connectivity index (χ3v) is 2.73. The maximum Gasteiger partial charge on any atom is 0.154 e. The lowest BCUT2D eigenvalue weighted by molar-refractivity contribution is 0.549. The molecule has 0 radical (unpaired) electrons. The standard InChI is InChI=1S/C11H19N2P/c1-10(2,3)8-7-9(11(4,5)6)13-14-12-8/h7H,1-6H3. The van der Waals surface area contributed by atoms with E-state index in [9.17, 15) is 0 Å². The maximum atomic E-state index is 4.41. The van der Waals surface area contributed by atoms with Crippen molar-refractivity contribution in [2.24, 2.45) is 0 Å². The van der Waals surface area contributed by atoms with E-state index in [4.69, 9.17) is 0 Å². The minimum Gasteiger partial charge on any atom is -0.213 e. The molecule has 14 heavy (non-hydrogen) atoms. The van der Waals surface area contributed by atoms with Gasteiger partial charge in [-0.1, -0.05) is 41.5 Å². The van der Waals surface area contributed by atoms with Crippen molar-refractivity contribution in [3.63, 3.8) is 0 Å². The second-order valence-electron chi connectivity index (χ2n) is 5.70. The molecule has 0 unspecified atom stereocenters. The smallest absolute Gasteiger partial charge is 0.154 e. The van der Waals surface area contributed by atoms with E-state index in [-0.39, 0.29) is 10.8 Å². The van der Waals surface area contributed by atoms with Gasteiger partial charge in [0.15, 0.2) is 8.51 Å². The molecule has 0 saturated carbocycles. The number of rotatable bonds is 0. The van der Waals surface area contributed by atoms with Crippen LogP contribution in [0.5, 0.6) is 0 Å². The third kappa shape index (κ3) is 2.75. The van der Waals surface area contributed by atoms with E-state index in [0.717, 1.165) is 19.9 Å². The number of hydrogen-bond acceptors (Lipinski definition) is 2. The Kier molecular flexibility index (Phi) is 2.96. The molecule has 0 aromatic carbocycles. The molecule has 2 nitrogen and oxygen atoms in total. The zero-order valence-corrected chi connectivity index (χ0v) is 10.8. The Morgan fingerprint density at radius 1 is 0.857 bits per heavy atom. The van der Waals surface area contributed by atoms with Crippen LogP contribution in [0.2, 0.25) is 0 Å². The predicted molar refractivity (Wildman–Crippen MR) is 61.9 cm³/mol. The summed E-state index contributed by atoms with van der Waals surface area (Å²) in [6, 6.07) is 2.14. The summed E-state index contributed by atoms with van der Waals surface area (Å²) in [6.45, 7) is 13.1. The van der Waals surface area contributed by atoms with E-state index >= 15 is 0 Å². The normalized spacial score (nSPS) is 13.0. The van der Waals surface area contributed by atoms with Gasteiger partial charge in [0, 0.05) is 10.8 Å². The summed E-state index contributed by atoms with van der Waals surface area (Å²) in [5, 5.41) is 0. The molecular weight excluding hydrogens is 191 g/mol. The highest BCUT2D eigenvalue weighted by Crippen LogP contribution is 2.26. The van der Waals surface area contributed by atoms with Gasteiger partial charge in [0.25, 0.3) is 0 Å². The topological polar surface area (TPSA) is 25.8 Å². The van der Waals surface area contributed by atoms with Gasteiger partial charge < -0.3 is 0 Å². The van der Waals surface area contributed by atoms with Crippen LogP contribution in [-0.4, -0.2) is 9.49 Å². The number of nitrogens with zero attached hydrogens (tertiary/aromatic N) is 2. The molecule has 1 aromatic heterocycles. The third-order valence-electron chi connectivity index (χ3n) is 2.12. The van der Waals surface area contributed by atoms with Gasteiger partial charge in [-0.15, -0.1) is 0 Å². The first-order valence-electron chi connectivity index (χ1n) is 4.92. The second kappa shape index (κ2) is 3.58. The van der Waals surface area contributed by atoms with Crippen LogP contribution in [0.3, 0.4) is 0 Å². The van der Waals surface area contributed by atoms with Crippen molar-refractivity contribution < 1.29 is 0 Å². The maximum absolute atomic E-state index is 4.41. The monoisotopic (exact) mass is 210 g/mol. The fraction of sp³-hybridized carbons (Fsp3) is 0.727. The minimum absolute atomic E-state index is 0.124. The van der Waals surface area contributed by atoms with E-state index in [1.165, 1.54) is 0 Å². The van der Waals surface area contributed by atoms with Crippen LogP contribution < -0.4 is 0 Å². The minimum atomic E-state index is 0.124. The molecule has 0 bridgehead atoms. The Balaban J connectivity index is 3.15. The van der Waals surface area contributed by atoms with Crippen LogP contribution in [0, 0.1) is 0 Å². The lowest BCUT2D eigenvalue weighted by Crippen LogP contribution is -2.18. The highest BCUT2D eigenvalue weighted by Gasteiger charge is 2.21. The molecule has 78 valence electrons. The molecule has 0 spiro atoms. The van der Waals surface area contributed by atoms with Crippen LogP contribution in [0.1, 0.15) is 52.9 Å². The van der Waals surface area contributed by atoms with Gasteiger partial charge in [-0.05, 0) is 6.07 Å². The molecule has 0 atom stereocenters. The van der Waals surface area contributed by atoms with Gasteiger partial charge >= 0.3 is 0 Å². The highest BCUT2D eigenvalue weighted by atomic mass is 31.1. The second-order valence-corrected chi connectivity index (χ2v) is 6.28. The zero-order valence-electron chi connectivity index (χ0n) is 9.92. The Morgan fingerprint density at radius 2 is 1.21 bits per heavy atom. The first-order valence-corrected chi connectivity index (χ1v) is 5.72. The Labute approximate surface area is 88.4 Å². The summed E-state index contributed by atoms with van der Waals surface area (Å²) >= 11 is 0.